The smallest absolute Gasteiger partial charge is 0.311 e. The molecule has 0 spiro atoms. The van der Waals surface area contributed by atoms with E-state index in [1.54, 1.807) is 6.92 Å². The maximum Gasteiger partial charge on any atom is 0.311 e. The maximum atomic E-state index is 10.9. The molecule has 2 N–H and O–H groups in total. The van der Waals surface area contributed by atoms with Gasteiger partial charge in [-0.2, -0.15) is 5.26 Å². The zero-order valence-corrected chi connectivity index (χ0v) is 11.5. The number of benzene rings is 1. The molecule has 108 valence electrons. The number of methoxy groups -OCH3 is 1. The lowest BCUT2D eigenvalue weighted by Crippen LogP contribution is -2.34. The second kappa shape index (κ2) is 6.73. The number of hydrogen-bond donors (Lipinski definition) is 1. The van der Waals surface area contributed by atoms with E-state index in [1.165, 1.54) is 25.3 Å². The molecular weight excluding hydrogens is 262 g/mol. The first-order valence-corrected chi connectivity index (χ1v) is 6.05. The normalized spacial score (nSPS) is 13.1. The maximum absolute atomic E-state index is 10.9. The van der Waals surface area contributed by atoms with Gasteiger partial charge in [-0.15, -0.1) is 0 Å². The summed E-state index contributed by atoms with van der Waals surface area (Å²) >= 11 is 0. The Kier molecular flexibility index (Phi) is 5.29. The van der Waals surface area contributed by atoms with Crippen LogP contribution in [0, 0.1) is 21.4 Å². The van der Waals surface area contributed by atoms with Gasteiger partial charge in [0.25, 0.3) is 0 Å². The molecule has 0 aliphatic carbocycles. The number of rotatable bonds is 7. The summed E-state index contributed by atoms with van der Waals surface area (Å²) < 4.78 is 10.4. The van der Waals surface area contributed by atoms with Gasteiger partial charge >= 0.3 is 5.69 Å². The van der Waals surface area contributed by atoms with E-state index in [1.807, 2.05) is 6.07 Å². The van der Waals surface area contributed by atoms with Crippen molar-refractivity contribution in [3.63, 3.8) is 0 Å². The van der Waals surface area contributed by atoms with Gasteiger partial charge in [0.05, 0.1) is 24.7 Å². The predicted octanol–water partition coefficient (Wildman–Crippen LogP) is 2.00. The lowest BCUT2D eigenvalue weighted by atomic mass is 10.00. The van der Waals surface area contributed by atoms with Crippen LogP contribution in [-0.2, 0) is 0 Å². The molecule has 1 aromatic carbocycles. The van der Waals surface area contributed by atoms with Crippen molar-refractivity contribution in [2.75, 3.05) is 13.7 Å². The average Bonchev–Trinajstić information content (AvgIpc) is 2.43. The monoisotopic (exact) mass is 279 g/mol. The van der Waals surface area contributed by atoms with Gasteiger partial charge in [0, 0.05) is 12.1 Å². The minimum absolute atomic E-state index is 0.124. The highest BCUT2D eigenvalue weighted by molar-refractivity contribution is 5.50. The molecule has 0 heterocycles. The quantitative estimate of drug-likeness (QED) is 0.464. The third kappa shape index (κ3) is 4.40. The summed E-state index contributed by atoms with van der Waals surface area (Å²) in [4.78, 5) is 10.4. The molecule has 7 heteroatoms. The van der Waals surface area contributed by atoms with Gasteiger partial charge in [0.15, 0.2) is 0 Å². The number of nitro groups is 1. The van der Waals surface area contributed by atoms with Crippen LogP contribution in [0.5, 0.6) is 11.5 Å². The molecule has 1 atom stereocenters. The van der Waals surface area contributed by atoms with E-state index in [0.717, 1.165) is 0 Å². The molecule has 1 aromatic rings. The molecule has 1 unspecified atom stereocenters. The molecule has 7 nitrogen and oxygen atoms in total. The van der Waals surface area contributed by atoms with Crippen LogP contribution in [-0.4, -0.2) is 24.2 Å². The van der Waals surface area contributed by atoms with Crippen molar-refractivity contribution in [3.8, 4) is 17.6 Å². The molecule has 0 bridgehead atoms. The van der Waals surface area contributed by atoms with Crippen LogP contribution < -0.4 is 15.2 Å². The number of nitrogens with zero attached hydrogens (tertiary/aromatic N) is 2. The summed E-state index contributed by atoms with van der Waals surface area (Å²) in [6.45, 7) is 1.86. The molecular formula is C13H17N3O4. The fraction of sp³-hybridized carbons (Fsp3) is 0.462. The second-order valence-electron chi connectivity index (χ2n) is 4.57. The van der Waals surface area contributed by atoms with Gasteiger partial charge in [-0.25, -0.2) is 0 Å². The summed E-state index contributed by atoms with van der Waals surface area (Å²) in [7, 11) is 1.47. The van der Waals surface area contributed by atoms with Crippen LogP contribution in [0.25, 0.3) is 0 Å². The van der Waals surface area contributed by atoms with E-state index in [2.05, 4.69) is 0 Å². The Hall–Kier alpha value is -2.33. The topological polar surface area (TPSA) is 111 Å². The van der Waals surface area contributed by atoms with E-state index in [4.69, 9.17) is 20.5 Å². The van der Waals surface area contributed by atoms with E-state index >= 15 is 0 Å². The molecule has 0 saturated carbocycles. The fourth-order valence-corrected chi connectivity index (χ4v) is 1.57. The van der Waals surface area contributed by atoms with Crippen LogP contribution in [0.3, 0.4) is 0 Å². The molecule has 0 aliphatic heterocycles. The van der Waals surface area contributed by atoms with Crippen LogP contribution in [0.2, 0.25) is 0 Å². The highest BCUT2D eigenvalue weighted by Gasteiger charge is 2.18. The molecule has 0 fully saturated rings. The summed E-state index contributed by atoms with van der Waals surface area (Å²) in [5, 5.41) is 19.7. The van der Waals surface area contributed by atoms with E-state index in [9.17, 15) is 10.1 Å². The first-order valence-electron chi connectivity index (χ1n) is 6.05. The SMILES string of the molecule is COc1ccc([N+](=O)[O-])c(OCCCC(C)(N)C#N)c1. The Balaban J connectivity index is 2.67. The second-order valence-corrected chi connectivity index (χ2v) is 4.57. The average molecular weight is 279 g/mol. The number of ether oxygens (including phenoxy) is 2. The van der Waals surface area contributed by atoms with Gasteiger partial charge in [-0.1, -0.05) is 0 Å². The number of nitro benzene ring substituents is 1. The van der Waals surface area contributed by atoms with Crippen LogP contribution >= 0.6 is 0 Å². The Morgan fingerprint density at radius 1 is 1.55 bits per heavy atom. The summed E-state index contributed by atoms with van der Waals surface area (Å²) in [5.74, 6) is 0.622. The Bertz CT molecular complexity index is 523. The first kappa shape index (κ1) is 15.7. The van der Waals surface area contributed by atoms with Crippen molar-refractivity contribution < 1.29 is 14.4 Å². The standard InChI is InChI=1S/C13H17N3O4/c1-13(15,9-14)6-3-7-20-12-8-10(19-2)4-5-11(12)16(17)18/h4-5,8H,3,6-7,15H2,1-2H3. The third-order valence-corrected chi connectivity index (χ3v) is 2.72. The van der Waals surface area contributed by atoms with Crippen molar-refractivity contribution in [3.05, 3.63) is 28.3 Å². The Labute approximate surface area is 117 Å². The highest BCUT2D eigenvalue weighted by atomic mass is 16.6. The molecule has 0 aromatic heterocycles. The van der Waals surface area contributed by atoms with Gasteiger partial charge < -0.3 is 15.2 Å². The summed E-state index contributed by atoms with van der Waals surface area (Å²) in [6.07, 6.45) is 0.968. The molecule has 0 radical (unpaired) electrons. The minimum Gasteiger partial charge on any atom is -0.497 e. The number of nitriles is 1. The van der Waals surface area contributed by atoms with Gasteiger partial charge in [-0.3, -0.25) is 10.1 Å². The Morgan fingerprint density at radius 2 is 2.25 bits per heavy atom. The molecule has 0 aliphatic rings. The van der Waals surface area contributed by atoms with Gasteiger partial charge in [-0.05, 0) is 25.8 Å². The van der Waals surface area contributed by atoms with E-state index < -0.39 is 10.5 Å². The van der Waals surface area contributed by atoms with Crippen molar-refractivity contribution in [2.24, 2.45) is 5.73 Å². The minimum atomic E-state index is -0.913. The lowest BCUT2D eigenvalue weighted by molar-refractivity contribution is -0.385. The number of hydrogen-bond acceptors (Lipinski definition) is 6. The zero-order chi connectivity index (χ0) is 15.2. The predicted molar refractivity (Wildman–Crippen MR) is 72.6 cm³/mol. The van der Waals surface area contributed by atoms with Crippen LogP contribution in [0.1, 0.15) is 19.8 Å². The highest BCUT2D eigenvalue weighted by Crippen LogP contribution is 2.31. The van der Waals surface area contributed by atoms with Crippen molar-refractivity contribution in [1.82, 2.24) is 0 Å². The van der Waals surface area contributed by atoms with Crippen molar-refractivity contribution >= 4 is 5.69 Å². The van der Waals surface area contributed by atoms with Crippen molar-refractivity contribution in [2.45, 2.75) is 25.3 Å². The zero-order valence-electron chi connectivity index (χ0n) is 11.5. The van der Waals surface area contributed by atoms with Crippen LogP contribution in [0.15, 0.2) is 18.2 Å². The first-order chi connectivity index (χ1) is 9.39. The molecule has 1 rings (SSSR count). The molecule has 0 saturated heterocycles. The fourth-order valence-electron chi connectivity index (χ4n) is 1.57. The Morgan fingerprint density at radius 3 is 2.80 bits per heavy atom. The molecule has 20 heavy (non-hydrogen) atoms. The van der Waals surface area contributed by atoms with E-state index in [-0.39, 0.29) is 18.0 Å². The summed E-state index contributed by atoms with van der Waals surface area (Å²) in [6, 6.07) is 6.27. The van der Waals surface area contributed by atoms with E-state index in [0.29, 0.717) is 18.6 Å². The largest absolute Gasteiger partial charge is 0.497 e. The number of nitrogens with two attached hydrogens (primary N) is 1. The van der Waals surface area contributed by atoms with Gasteiger partial charge in [0.1, 0.15) is 11.3 Å². The third-order valence-electron chi connectivity index (χ3n) is 2.72. The molecule has 0 amide bonds. The lowest BCUT2D eigenvalue weighted by Gasteiger charge is -2.15. The van der Waals surface area contributed by atoms with Crippen molar-refractivity contribution in [1.29, 1.82) is 5.26 Å². The van der Waals surface area contributed by atoms with Gasteiger partial charge in [0.2, 0.25) is 5.75 Å². The van der Waals surface area contributed by atoms with Crippen LogP contribution in [0.4, 0.5) is 5.69 Å². The summed E-state index contributed by atoms with van der Waals surface area (Å²) in [5.41, 5.74) is 4.64.